The van der Waals surface area contributed by atoms with Crippen molar-refractivity contribution in [3.63, 3.8) is 0 Å². The van der Waals surface area contributed by atoms with Crippen molar-refractivity contribution in [2.24, 2.45) is 0 Å². The molecule has 0 radical (unpaired) electrons. The number of amides is 1. The zero-order valence-corrected chi connectivity index (χ0v) is 19.6. The molecule has 1 amide bonds. The van der Waals surface area contributed by atoms with Gasteiger partial charge in [0.05, 0.1) is 10.0 Å². The van der Waals surface area contributed by atoms with Crippen LogP contribution in [-0.2, 0) is 17.8 Å². The molecule has 0 aliphatic heterocycles. The van der Waals surface area contributed by atoms with E-state index in [0.29, 0.717) is 36.0 Å². The van der Waals surface area contributed by atoms with E-state index in [2.05, 4.69) is 11.9 Å². The van der Waals surface area contributed by atoms with E-state index >= 15 is 0 Å². The van der Waals surface area contributed by atoms with Crippen molar-refractivity contribution in [1.82, 2.24) is 9.55 Å². The first kappa shape index (κ1) is 25.0. The Balaban J connectivity index is 2.37. The molecule has 3 N–H and O–H groups in total. The Morgan fingerprint density at radius 2 is 1.84 bits per heavy atom. The summed E-state index contributed by atoms with van der Waals surface area (Å²) in [6.45, 7) is 4.77. The highest BCUT2D eigenvalue weighted by molar-refractivity contribution is 6.42. The van der Waals surface area contributed by atoms with Gasteiger partial charge in [-0.2, -0.15) is 0 Å². The number of aryl methyl sites for hydroxylation is 1. The third-order valence-corrected chi connectivity index (χ3v) is 6.00. The van der Waals surface area contributed by atoms with Gasteiger partial charge in [0.1, 0.15) is 5.82 Å². The first-order chi connectivity index (χ1) is 14.8. The number of aromatic nitrogens is 2. The number of benzene rings is 1. The van der Waals surface area contributed by atoms with E-state index in [9.17, 15) is 14.4 Å². The number of nitrogens with two attached hydrogens (primary N) is 1. The quantitative estimate of drug-likeness (QED) is 0.477. The number of rotatable bonds is 11. The number of carbonyl (C=O) groups is 1. The van der Waals surface area contributed by atoms with Crippen LogP contribution in [0.25, 0.3) is 0 Å². The molecule has 0 fully saturated rings. The van der Waals surface area contributed by atoms with Crippen molar-refractivity contribution >= 4 is 40.6 Å². The van der Waals surface area contributed by atoms with Crippen LogP contribution in [0.2, 0.25) is 10.0 Å². The summed E-state index contributed by atoms with van der Waals surface area (Å²) in [4.78, 5) is 41.8. The van der Waals surface area contributed by atoms with Gasteiger partial charge in [0.25, 0.3) is 5.56 Å². The second kappa shape index (κ2) is 12.0. The molecule has 0 unspecified atom stereocenters. The van der Waals surface area contributed by atoms with Gasteiger partial charge in [0.15, 0.2) is 5.69 Å². The minimum atomic E-state index is -0.652. The van der Waals surface area contributed by atoms with Crippen LogP contribution >= 0.6 is 23.2 Å². The van der Waals surface area contributed by atoms with Crippen LogP contribution < -0.4 is 21.9 Å². The zero-order valence-electron chi connectivity index (χ0n) is 18.0. The van der Waals surface area contributed by atoms with Crippen molar-refractivity contribution < 1.29 is 4.79 Å². The fourth-order valence-corrected chi connectivity index (χ4v) is 3.79. The van der Waals surface area contributed by atoms with Gasteiger partial charge in [-0.05, 0) is 30.9 Å². The number of anilines is 2. The first-order valence-electron chi connectivity index (χ1n) is 10.7. The molecule has 1 heterocycles. The van der Waals surface area contributed by atoms with Crippen LogP contribution in [0, 0.1) is 0 Å². The average Bonchev–Trinajstić information content (AvgIpc) is 2.73. The Morgan fingerprint density at radius 1 is 1.13 bits per heavy atom. The summed E-state index contributed by atoms with van der Waals surface area (Å²) in [5.74, 6) is -0.238. The maximum absolute atomic E-state index is 13.2. The lowest BCUT2D eigenvalue weighted by atomic mass is 10.1. The molecule has 7 nitrogen and oxygen atoms in total. The molecule has 9 heteroatoms. The smallest absolute Gasteiger partial charge is 0.330 e. The predicted molar refractivity (Wildman–Crippen MR) is 127 cm³/mol. The summed E-state index contributed by atoms with van der Waals surface area (Å²) >= 11 is 12.3. The summed E-state index contributed by atoms with van der Waals surface area (Å²) in [7, 11) is 0. The highest BCUT2D eigenvalue weighted by Crippen LogP contribution is 2.27. The number of H-pyrrole nitrogens is 1. The number of nitrogen functional groups attached to an aromatic ring is 1. The lowest BCUT2D eigenvalue weighted by Crippen LogP contribution is -2.41. The summed E-state index contributed by atoms with van der Waals surface area (Å²) in [6, 6.07) is 5.28. The van der Waals surface area contributed by atoms with Gasteiger partial charge in [0, 0.05) is 19.5 Å². The SMILES string of the molecule is CCCCCN(C(=O)CCc1cccc(Cl)c1Cl)c1c(N)n(CCCC)c(=O)[nH]c1=O. The Hall–Kier alpha value is -2.25. The van der Waals surface area contributed by atoms with Crippen LogP contribution in [0.1, 0.15) is 57.9 Å². The molecule has 2 rings (SSSR count). The molecule has 31 heavy (non-hydrogen) atoms. The molecule has 0 aliphatic rings. The van der Waals surface area contributed by atoms with Crippen molar-refractivity contribution in [1.29, 1.82) is 0 Å². The van der Waals surface area contributed by atoms with E-state index in [0.717, 1.165) is 31.2 Å². The Labute approximate surface area is 192 Å². The van der Waals surface area contributed by atoms with E-state index in [1.807, 2.05) is 13.0 Å². The molecule has 1 aromatic heterocycles. The van der Waals surface area contributed by atoms with E-state index < -0.39 is 11.2 Å². The molecule has 0 bridgehead atoms. The lowest BCUT2D eigenvalue weighted by Gasteiger charge is -2.25. The highest BCUT2D eigenvalue weighted by atomic mass is 35.5. The Bertz CT molecular complexity index is 1020. The second-order valence-electron chi connectivity index (χ2n) is 7.46. The third kappa shape index (κ3) is 6.37. The zero-order chi connectivity index (χ0) is 23.0. The Kier molecular flexibility index (Phi) is 9.65. The second-order valence-corrected chi connectivity index (χ2v) is 8.25. The minimum absolute atomic E-state index is 0.0211. The van der Waals surface area contributed by atoms with Crippen molar-refractivity contribution in [3.8, 4) is 0 Å². The van der Waals surface area contributed by atoms with Gasteiger partial charge in [-0.3, -0.25) is 19.1 Å². The standard InChI is InChI=1S/C22H30Cl2N4O3/c1-3-5-7-14-27(17(29)12-11-15-9-8-10-16(23)18(15)24)19-20(25)28(13-6-4-2)22(31)26-21(19)30/h8-10H,3-7,11-14,25H2,1-2H3,(H,26,30,31). The maximum atomic E-state index is 13.2. The lowest BCUT2D eigenvalue weighted by molar-refractivity contribution is -0.118. The summed E-state index contributed by atoms with van der Waals surface area (Å²) < 4.78 is 1.33. The summed E-state index contributed by atoms with van der Waals surface area (Å²) in [5.41, 5.74) is 5.81. The number of aromatic amines is 1. The van der Waals surface area contributed by atoms with Crippen LogP contribution in [0.3, 0.4) is 0 Å². The molecule has 0 atom stereocenters. The van der Waals surface area contributed by atoms with Gasteiger partial charge < -0.3 is 10.6 Å². The third-order valence-electron chi connectivity index (χ3n) is 5.15. The molecule has 2 aromatic rings. The first-order valence-corrected chi connectivity index (χ1v) is 11.4. The van der Waals surface area contributed by atoms with Gasteiger partial charge in [0.2, 0.25) is 5.91 Å². The number of hydrogen-bond donors (Lipinski definition) is 2. The number of nitrogens with one attached hydrogen (secondary N) is 1. The Morgan fingerprint density at radius 3 is 2.52 bits per heavy atom. The normalized spacial score (nSPS) is 11.0. The van der Waals surface area contributed by atoms with Gasteiger partial charge in [-0.25, -0.2) is 4.79 Å². The molecule has 1 aromatic carbocycles. The monoisotopic (exact) mass is 468 g/mol. The van der Waals surface area contributed by atoms with E-state index in [1.54, 1.807) is 12.1 Å². The van der Waals surface area contributed by atoms with Crippen LogP contribution in [0.15, 0.2) is 27.8 Å². The molecular formula is C22H30Cl2N4O3. The number of nitrogens with zero attached hydrogens (tertiary/aromatic N) is 2. The van der Waals surface area contributed by atoms with E-state index in [-0.39, 0.29) is 23.8 Å². The van der Waals surface area contributed by atoms with E-state index in [1.165, 1.54) is 9.47 Å². The van der Waals surface area contributed by atoms with Gasteiger partial charge >= 0.3 is 5.69 Å². The molecule has 0 aliphatic carbocycles. The predicted octanol–water partition coefficient (Wildman–Crippen LogP) is 4.38. The molecular weight excluding hydrogens is 439 g/mol. The van der Waals surface area contributed by atoms with Crippen molar-refractivity contribution in [2.45, 2.75) is 65.3 Å². The summed E-state index contributed by atoms with van der Waals surface area (Å²) in [6.07, 6.45) is 4.66. The number of unbranched alkanes of at least 4 members (excludes halogenated alkanes) is 3. The van der Waals surface area contributed by atoms with Gasteiger partial charge in [-0.1, -0.05) is 68.4 Å². The summed E-state index contributed by atoms with van der Waals surface area (Å²) in [5, 5.41) is 0.843. The van der Waals surface area contributed by atoms with Crippen LogP contribution in [-0.4, -0.2) is 22.0 Å². The van der Waals surface area contributed by atoms with Gasteiger partial charge in [-0.15, -0.1) is 0 Å². The van der Waals surface area contributed by atoms with Crippen molar-refractivity contribution in [2.75, 3.05) is 17.2 Å². The molecule has 170 valence electrons. The number of hydrogen-bond acceptors (Lipinski definition) is 4. The largest absolute Gasteiger partial charge is 0.383 e. The minimum Gasteiger partial charge on any atom is -0.383 e. The molecule has 0 spiro atoms. The molecule has 0 saturated heterocycles. The van der Waals surface area contributed by atoms with E-state index in [4.69, 9.17) is 28.9 Å². The number of halogens is 2. The van der Waals surface area contributed by atoms with Crippen LogP contribution in [0.5, 0.6) is 0 Å². The maximum Gasteiger partial charge on any atom is 0.330 e. The average molecular weight is 469 g/mol. The fraction of sp³-hybridized carbons (Fsp3) is 0.500. The molecule has 0 saturated carbocycles. The highest BCUT2D eigenvalue weighted by Gasteiger charge is 2.24. The number of carbonyl (C=O) groups excluding carboxylic acids is 1. The fourth-order valence-electron chi connectivity index (χ4n) is 3.38. The van der Waals surface area contributed by atoms with Crippen LogP contribution in [0.4, 0.5) is 11.5 Å². The van der Waals surface area contributed by atoms with Crippen molar-refractivity contribution in [3.05, 3.63) is 54.6 Å². The topological polar surface area (TPSA) is 101 Å².